The number of nitrogens with zero attached hydrogens (tertiary/aromatic N) is 2. The molecule has 0 aliphatic carbocycles. The van der Waals surface area contributed by atoms with Crippen molar-refractivity contribution in [2.24, 2.45) is 5.16 Å². The fourth-order valence-corrected chi connectivity index (χ4v) is 2.17. The van der Waals surface area contributed by atoms with Crippen LogP contribution >= 0.6 is 0 Å². The van der Waals surface area contributed by atoms with Crippen LogP contribution in [0.4, 0.5) is 5.69 Å². The van der Waals surface area contributed by atoms with Gasteiger partial charge in [-0.2, -0.15) is 0 Å². The van der Waals surface area contributed by atoms with Gasteiger partial charge in [0.25, 0.3) is 0 Å². The van der Waals surface area contributed by atoms with Crippen LogP contribution in [-0.2, 0) is 16.2 Å². The van der Waals surface area contributed by atoms with Gasteiger partial charge in [0.15, 0.2) is 0 Å². The minimum atomic E-state index is 0.487. The first-order valence-corrected chi connectivity index (χ1v) is 7.04. The zero-order chi connectivity index (χ0) is 14.3. The van der Waals surface area contributed by atoms with E-state index in [1.807, 2.05) is 42.5 Å². The fourth-order valence-electron chi connectivity index (χ4n) is 2.17. The van der Waals surface area contributed by atoms with Crippen molar-refractivity contribution in [3.8, 4) is 0 Å². The Bertz CT molecular complexity index is 575. The summed E-state index contributed by atoms with van der Waals surface area (Å²) in [5, 5.41) is 4.00. The van der Waals surface area contributed by atoms with E-state index < -0.39 is 0 Å². The van der Waals surface area contributed by atoms with E-state index in [1.54, 1.807) is 6.21 Å². The Morgan fingerprint density at radius 2 is 1.90 bits per heavy atom. The average molecular weight is 282 g/mol. The molecule has 4 heteroatoms. The number of rotatable bonds is 5. The molecule has 21 heavy (non-hydrogen) atoms. The first-order chi connectivity index (χ1) is 10.4. The van der Waals surface area contributed by atoms with Gasteiger partial charge >= 0.3 is 0 Å². The highest BCUT2D eigenvalue weighted by Gasteiger charge is 2.11. The van der Waals surface area contributed by atoms with E-state index in [0.29, 0.717) is 13.3 Å². The Morgan fingerprint density at radius 3 is 2.62 bits per heavy atom. The normalized spacial score (nSPS) is 14.8. The lowest BCUT2D eigenvalue weighted by atomic mass is 10.2. The Hall–Kier alpha value is -2.33. The predicted octanol–water partition coefficient (Wildman–Crippen LogP) is 3.03. The maximum Gasteiger partial charge on any atom is 0.142 e. The topological polar surface area (TPSA) is 34.1 Å². The second kappa shape index (κ2) is 6.90. The third kappa shape index (κ3) is 3.83. The lowest BCUT2D eigenvalue weighted by Gasteiger charge is -2.15. The molecule has 0 saturated carbocycles. The summed E-state index contributed by atoms with van der Waals surface area (Å²) in [5.74, 6) is 0. The van der Waals surface area contributed by atoms with Gasteiger partial charge < -0.3 is 14.5 Å². The standard InChI is InChI=1S/C17H18N2O2/c1-2-4-16(5-3-1)13-21-18-12-15-6-8-17(9-7-15)19-10-11-20-14-19/h1-9,12H,10-11,13-14H2. The van der Waals surface area contributed by atoms with Crippen LogP contribution in [0.25, 0.3) is 0 Å². The molecule has 1 heterocycles. The number of ether oxygens (including phenoxy) is 1. The lowest BCUT2D eigenvalue weighted by Crippen LogP contribution is -2.18. The summed E-state index contributed by atoms with van der Waals surface area (Å²) in [5.41, 5.74) is 3.31. The molecule has 108 valence electrons. The van der Waals surface area contributed by atoms with E-state index >= 15 is 0 Å². The molecule has 0 bridgehead atoms. The van der Waals surface area contributed by atoms with Crippen molar-refractivity contribution in [1.82, 2.24) is 0 Å². The van der Waals surface area contributed by atoms with Crippen molar-refractivity contribution in [2.45, 2.75) is 6.61 Å². The molecule has 0 amide bonds. The molecule has 4 nitrogen and oxygen atoms in total. The van der Waals surface area contributed by atoms with Crippen LogP contribution < -0.4 is 4.90 Å². The van der Waals surface area contributed by atoms with Gasteiger partial charge in [0, 0.05) is 12.2 Å². The van der Waals surface area contributed by atoms with Crippen LogP contribution in [0, 0.1) is 0 Å². The van der Waals surface area contributed by atoms with Gasteiger partial charge in [-0.1, -0.05) is 47.6 Å². The predicted molar refractivity (Wildman–Crippen MR) is 83.4 cm³/mol. The highest BCUT2D eigenvalue weighted by atomic mass is 16.6. The van der Waals surface area contributed by atoms with Crippen LogP contribution in [-0.4, -0.2) is 26.1 Å². The molecule has 3 rings (SSSR count). The highest BCUT2D eigenvalue weighted by molar-refractivity contribution is 5.79. The summed E-state index contributed by atoms with van der Waals surface area (Å²) in [6.07, 6.45) is 1.73. The number of anilines is 1. The van der Waals surface area contributed by atoms with Crippen LogP contribution in [0.2, 0.25) is 0 Å². The first-order valence-electron chi connectivity index (χ1n) is 7.04. The largest absolute Gasteiger partial charge is 0.391 e. The minimum Gasteiger partial charge on any atom is -0.391 e. The SMILES string of the molecule is C(=NOCc1ccccc1)c1ccc(N2CCOC2)cc1. The molecule has 0 radical (unpaired) electrons. The van der Waals surface area contributed by atoms with Crippen molar-refractivity contribution < 1.29 is 9.57 Å². The molecule has 2 aromatic carbocycles. The molecule has 0 unspecified atom stereocenters. The van der Waals surface area contributed by atoms with Crippen LogP contribution in [0.3, 0.4) is 0 Å². The van der Waals surface area contributed by atoms with Crippen LogP contribution in [0.5, 0.6) is 0 Å². The van der Waals surface area contributed by atoms with Crippen LogP contribution in [0.15, 0.2) is 59.8 Å². The fraction of sp³-hybridized carbons (Fsp3) is 0.235. The second-order valence-electron chi connectivity index (χ2n) is 4.89. The Morgan fingerprint density at radius 1 is 1.10 bits per heavy atom. The summed E-state index contributed by atoms with van der Waals surface area (Å²) < 4.78 is 5.34. The highest BCUT2D eigenvalue weighted by Crippen LogP contribution is 2.17. The van der Waals surface area contributed by atoms with Gasteiger partial charge in [-0.3, -0.25) is 0 Å². The Balaban J connectivity index is 1.51. The number of hydrogen-bond acceptors (Lipinski definition) is 4. The Kier molecular flexibility index (Phi) is 4.49. The van der Waals surface area contributed by atoms with Crippen molar-refractivity contribution in [1.29, 1.82) is 0 Å². The smallest absolute Gasteiger partial charge is 0.142 e. The first kappa shape index (κ1) is 13.6. The summed E-state index contributed by atoms with van der Waals surface area (Å²) in [4.78, 5) is 7.49. The zero-order valence-corrected chi connectivity index (χ0v) is 11.8. The van der Waals surface area contributed by atoms with Crippen molar-refractivity contribution >= 4 is 11.9 Å². The van der Waals surface area contributed by atoms with Crippen molar-refractivity contribution in [2.75, 3.05) is 24.8 Å². The van der Waals surface area contributed by atoms with E-state index in [0.717, 1.165) is 24.3 Å². The van der Waals surface area contributed by atoms with Gasteiger partial charge in [-0.25, -0.2) is 0 Å². The van der Waals surface area contributed by atoms with E-state index in [9.17, 15) is 0 Å². The van der Waals surface area contributed by atoms with E-state index in [2.05, 4.69) is 22.2 Å². The molecule has 1 fully saturated rings. The van der Waals surface area contributed by atoms with Crippen LogP contribution in [0.1, 0.15) is 11.1 Å². The number of hydrogen-bond donors (Lipinski definition) is 0. The minimum absolute atomic E-state index is 0.487. The summed E-state index contributed by atoms with van der Waals surface area (Å²) in [7, 11) is 0. The van der Waals surface area contributed by atoms with Crippen molar-refractivity contribution in [3.05, 3.63) is 65.7 Å². The van der Waals surface area contributed by atoms with Gasteiger partial charge in [0.2, 0.25) is 0 Å². The zero-order valence-electron chi connectivity index (χ0n) is 11.8. The third-order valence-corrected chi connectivity index (χ3v) is 3.36. The van der Waals surface area contributed by atoms with E-state index in [-0.39, 0.29) is 0 Å². The molecule has 1 aliphatic rings. The number of oxime groups is 1. The molecule has 0 N–H and O–H groups in total. The summed E-state index contributed by atoms with van der Waals surface area (Å²) >= 11 is 0. The van der Waals surface area contributed by atoms with Gasteiger partial charge in [-0.15, -0.1) is 0 Å². The maximum absolute atomic E-state index is 5.34. The quantitative estimate of drug-likeness (QED) is 0.624. The van der Waals surface area contributed by atoms with E-state index in [4.69, 9.17) is 9.57 Å². The monoisotopic (exact) mass is 282 g/mol. The average Bonchev–Trinajstić information content (AvgIpc) is 3.08. The lowest BCUT2D eigenvalue weighted by molar-refractivity contribution is 0.132. The molecule has 0 aromatic heterocycles. The van der Waals surface area contributed by atoms with E-state index in [1.165, 1.54) is 5.69 Å². The van der Waals surface area contributed by atoms with Crippen molar-refractivity contribution in [3.63, 3.8) is 0 Å². The molecule has 0 atom stereocenters. The molecule has 2 aromatic rings. The molecule has 1 saturated heterocycles. The Labute approximate surface area is 124 Å². The molecular formula is C17H18N2O2. The van der Waals surface area contributed by atoms with Gasteiger partial charge in [0.05, 0.1) is 12.8 Å². The van der Waals surface area contributed by atoms with Gasteiger partial charge in [0.1, 0.15) is 13.3 Å². The number of benzene rings is 2. The van der Waals surface area contributed by atoms with Gasteiger partial charge in [-0.05, 0) is 23.3 Å². The summed E-state index contributed by atoms with van der Waals surface area (Å²) in [6, 6.07) is 18.2. The third-order valence-electron chi connectivity index (χ3n) is 3.36. The summed E-state index contributed by atoms with van der Waals surface area (Å²) in [6.45, 7) is 2.92. The molecule has 0 spiro atoms. The molecular weight excluding hydrogens is 264 g/mol. The second-order valence-corrected chi connectivity index (χ2v) is 4.89. The molecule has 1 aliphatic heterocycles. The maximum atomic E-state index is 5.34.